The minimum atomic E-state index is -1.22. The number of morpholine rings is 1. The Bertz CT molecular complexity index is 986. The Morgan fingerprint density at radius 2 is 1.97 bits per heavy atom. The highest BCUT2D eigenvalue weighted by Gasteiger charge is 2.44. The maximum Gasteiger partial charge on any atom is 0.320 e. The standard InChI is InChI=1S/C21H34N8O6/c22-13(21(32)33)2-5-28(4-1-3-27-6-8-34-9-7-27)10-14-16(30)17(31)20(35-14)29-12-26-15-18(23)24-11-25-19(15)29/h11-14,16-17,20,30-31H,1-10,22H2,(H,32,33)(H2,23,24,25)/t13?,14-,16-,17-,20-/m1/s1. The van der Waals surface area contributed by atoms with Crippen LogP contribution < -0.4 is 11.5 Å². The van der Waals surface area contributed by atoms with Crippen LogP contribution in [0.4, 0.5) is 5.82 Å². The quantitative estimate of drug-likeness (QED) is 0.227. The summed E-state index contributed by atoms with van der Waals surface area (Å²) < 4.78 is 13.0. The van der Waals surface area contributed by atoms with Crippen LogP contribution in [0.15, 0.2) is 12.7 Å². The lowest BCUT2D eigenvalue weighted by molar-refractivity contribution is -0.138. The number of rotatable bonds is 11. The number of carboxylic acids is 1. The van der Waals surface area contributed by atoms with Crippen molar-refractivity contribution in [3.05, 3.63) is 12.7 Å². The monoisotopic (exact) mass is 494 g/mol. The molecule has 2 saturated heterocycles. The number of aliphatic hydroxyl groups excluding tert-OH is 2. The number of aromatic nitrogens is 4. The maximum atomic E-state index is 11.2. The second-order valence-corrected chi connectivity index (χ2v) is 8.97. The highest BCUT2D eigenvalue weighted by Crippen LogP contribution is 2.32. The topological polar surface area (TPSA) is 198 Å². The van der Waals surface area contributed by atoms with E-state index < -0.39 is 36.6 Å². The predicted octanol–water partition coefficient (Wildman–Crippen LogP) is -2.15. The van der Waals surface area contributed by atoms with E-state index in [4.69, 9.17) is 26.0 Å². The summed E-state index contributed by atoms with van der Waals surface area (Å²) in [6.07, 6.45) is -0.153. The maximum absolute atomic E-state index is 11.2. The number of hydrogen-bond acceptors (Lipinski definition) is 12. The first kappa shape index (κ1) is 25.6. The third-order valence-electron chi connectivity index (χ3n) is 6.56. The molecule has 2 fully saturated rings. The summed E-state index contributed by atoms with van der Waals surface area (Å²) in [6, 6.07) is -0.980. The van der Waals surface area contributed by atoms with Gasteiger partial charge in [0.2, 0.25) is 0 Å². The van der Waals surface area contributed by atoms with Crippen molar-refractivity contribution in [2.45, 2.75) is 43.4 Å². The summed E-state index contributed by atoms with van der Waals surface area (Å²) in [4.78, 5) is 27.8. The number of aliphatic carboxylic acids is 1. The molecule has 0 amide bonds. The Morgan fingerprint density at radius 1 is 1.20 bits per heavy atom. The summed E-state index contributed by atoms with van der Waals surface area (Å²) in [6.45, 7) is 5.47. The van der Waals surface area contributed by atoms with Gasteiger partial charge in [0.1, 0.15) is 36.2 Å². The van der Waals surface area contributed by atoms with Crippen LogP contribution >= 0.6 is 0 Å². The molecule has 2 aromatic rings. The van der Waals surface area contributed by atoms with Gasteiger partial charge in [-0.05, 0) is 25.9 Å². The fourth-order valence-corrected chi connectivity index (χ4v) is 4.50. The van der Waals surface area contributed by atoms with E-state index in [1.807, 2.05) is 4.90 Å². The number of carbonyl (C=O) groups is 1. The number of ether oxygens (including phenoxy) is 2. The molecule has 0 bridgehead atoms. The molecular formula is C21H34N8O6. The molecule has 194 valence electrons. The average molecular weight is 495 g/mol. The largest absolute Gasteiger partial charge is 0.480 e. The Balaban J connectivity index is 1.41. The second kappa shape index (κ2) is 11.5. The highest BCUT2D eigenvalue weighted by molar-refractivity contribution is 5.81. The lowest BCUT2D eigenvalue weighted by Crippen LogP contribution is -2.44. The number of hydrogen-bond donors (Lipinski definition) is 5. The molecule has 4 heterocycles. The van der Waals surface area contributed by atoms with E-state index in [9.17, 15) is 15.0 Å². The van der Waals surface area contributed by atoms with Gasteiger partial charge in [-0.1, -0.05) is 0 Å². The van der Waals surface area contributed by atoms with E-state index in [-0.39, 0.29) is 12.2 Å². The van der Waals surface area contributed by atoms with Crippen LogP contribution in [0.25, 0.3) is 11.2 Å². The number of nitrogens with zero attached hydrogens (tertiary/aromatic N) is 6. The van der Waals surface area contributed by atoms with E-state index >= 15 is 0 Å². The van der Waals surface area contributed by atoms with Crippen LogP contribution in [0.3, 0.4) is 0 Å². The zero-order valence-electron chi connectivity index (χ0n) is 19.5. The Labute approximate surface area is 202 Å². The van der Waals surface area contributed by atoms with Crippen molar-refractivity contribution < 1.29 is 29.6 Å². The number of anilines is 1. The van der Waals surface area contributed by atoms with Gasteiger partial charge in [-0.15, -0.1) is 0 Å². The van der Waals surface area contributed by atoms with Crippen LogP contribution in [0.2, 0.25) is 0 Å². The molecule has 1 unspecified atom stereocenters. The van der Waals surface area contributed by atoms with Crippen molar-refractivity contribution >= 4 is 23.0 Å². The Morgan fingerprint density at radius 3 is 2.71 bits per heavy atom. The van der Waals surface area contributed by atoms with Crippen LogP contribution in [0, 0.1) is 0 Å². The molecule has 2 aliphatic heterocycles. The summed E-state index contributed by atoms with van der Waals surface area (Å²) in [7, 11) is 0. The first-order valence-electron chi connectivity index (χ1n) is 11.8. The van der Waals surface area contributed by atoms with Gasteiger partial charge in [0, 0.05) is 26.2 Å². The molecule has 5 atom stereocenters. The fourth-order valence-electron chi connectivity index (χ4n) is 4.50. The van der Waals surface area contributed by atoms with Gasteiger partial charge in [0.15, 0.2) is 17.7 Å². The molecular weight excluding hydrogens is 460 g/mol. The number of nitrogens with two attached hydrogens (primary N) is 2. The number of nitrogen functional groups attached to an aromatic ring is 1. The summed E-state index contributed by atoms with van der Waals surface area (Å²) in [5, 5.41) is 30.7. The minimum absolute atomic E-state index is 0.208. The van der Waals surface area contributed by atoms with Gasteiger partial charge >= 0.3 is 5.97 Å². The van der Waals surface area contributed by atoms with Gasteiger partial charge in [0.05, 0.1) is 19.5 Å². The third kappa shape index (κ3) is 6.03. The number of aliphatic hydroxyl groups is 2. The zero-order chi connectivity index (χ0) is 24.9. The van der Waals surface area contributed by atoms with Gasteiger partial charge in [-0.25, -0.2) is 15.0 Å². The van der Waals surface area contributed by atoms with Crippen molar-refractivity contribution in [3.63, 3.8) is 0 Å². The SMILES string of the molecule is Nc1ncnc2c1ncn2[C@@H]1O[C@H](CN(CCCN2CCOCC2)CCC(N)C(=O)O)[C@@H](O)[C@H]1O. The first-order valence-corrected chi connectivity index (χ1v) is 11.8. The molecule has 14 nitrogen and oxygen atoms in total. The van der Waals surface area contributed by atoms with Crippen LogP contribution in [0.5, 0.6) is 0 Å². The van der Waals surface area contributed by atoms with Crippen LogP contribution in [-0.2, 0) is 14.3 Å². The molecule has 4 rings (SSSR count). The molecule has 2 aromatic heterocycles. The van der Waals surface area contributed by atoms with E-state index in [0.717, 1.165) is 39.3 Å². The molecule has 0 radical (unpaired) electrons. The summed E-state index contributed by atoms with van der Waals surface area (Å²) in [5.41, 5.74) is 12.3. The van der Waals surface area contributed by atoms with Gasteiger partial charge in [-0.3, -0.25) is 14.3 Å². The molecule has 14 heteroatoms. The Hall–Kier alpha value is -2.46. The fraction of sp³-hybridized carbons (Fsp3) is 0.714. The summed E-state index contributed by atoms with van der Waals surface area (Å²) >= 11 is 0. The zero-order valence-corrected chi connectivity index (χ0v) is 19.5. The van der Waals surface area contributed by atoms with Crippen molar-refractivity contribution in [2.24, 2.45) is 5.73 Å². The predicted molar refractivity (Wildman–Crippen MR) is 124 cm³/mol. The van der Waals surface area contributed by atoms with Crippen molar-refractivity contribution in [1.82, 2.24) is 29.3 Å². The van der Waals surface area contributed by atoms with E-state index in [2.05, 4.69) is 19.9 Å². The lowest BCUT2D eigenvalue weighted by atomic mass is 10.1. The molecule has 0 aliphatic carbocycles. The average Bonchev–Trinajstić information content (AvgIpc) is 3.40. The molecule has 35 heavy (non-hydrogen) atoms. The number of imidazole rings is 1. The smallest absolute Gasteiger partial charge is 0.320 e. The normalized spacial score (nSPS) is 26.5. The molecule has 0 aromatic carbocycles. The van der Waals surface area contributed by atoms with E-state index in [0.29, 0.717) is 30.8 Å². The van der Waals surface area contributed by atoms with Crippen molar-refractivity contribution in [2.75, 3.05) is 58.2 Å². The van der Waals surface area contributed by atoms with Crippen LogP contribution in [-0.4, -0.2) is 127 Å². The van der Waals surface area contributed by atoms with Gasteiger partial charge in [-0.2, -0.15) is 0 Å². The second-order valence-electron chi connectivity index (χ2n) is 8.97. The van der Waals surface area contributed by atoms with E-state index in [1.54, 1.807) is 0 Å². The summed E-state index contributed by atoms with van der Waals surface area (Å²) in [5.74, 6) is -0.848. The number of fused-ring (bicyclic) bond motifs is 1. The molecule has 0 saturated carbocycles. The van der Waals surface area contributed by atoms with Gasteiger partial charge in [0.25, 0.3) is 0 Å². The van der Waals surface area contributed by atoms with Crippen LogP contribution in [0.1, 0.15) is 19.1 Å². The van der Waals surface area contributed by atoms with Crippen molar-refractivity contribution in [1.29, 1.82) is 0 Å². The molecule has 7 N–H and O–H groups in total. The highest BCUT2D eigenvalue weighted by atomic mass is 16.6. The number of carboxylic acid groups (broad SMARTS) is 1. The lowest BCUT2D eigenvalue weighted by Gasteiger charge is -2.30. The van der Waals surface area contributed by atoms with Gasteiger partial charge < -0.3 is 41.2 Å². The Kier molecular flexibility index (Phi) is 8.43. The van der Waals surface area contributed by atoms with E-state index in [1.165, 1.54) is 17.2 Å². The first-order chi connectivity index (χ1) is 16.8. The minimum Gasteiger partial charge on any atom is -0.480 e. The molecule has 0 spiro atoms. The third-order valence-corrected chi connectivity index (χ3v) is 6.56. The van der Waals surface area contributed by atoms with Crippen molar-refractivity contribution in [3.8, 4) is 0 Å². The molecule has 2 aliphatic rings.